The number of benzene rings is 2. The van der Waals surface area contributed by atoms with Crippen LogP contribution in [0.5, 0.6) is 5.75 Å². The molecular weight excluding hydrogens is 444 g/mol. The smallest absolute Gasteiger partial charge is 0.270 e. The predicted octanol–water partition coefficient (Wildman–Crippen LogP) is 4.10. The van der Waals surface area contributed by atoms with Gasteiger partial charge in [-0.1, -0.05) is 29.8 Å². The third-order valence-corrected chi connectivity index (χ3v) is 6.67. The van der Waals surface area contributed by atoms with Crippen molar-refractivity contribution in [3.63, 3.8) is 0 Å². The summed E-state index contributed by atoms with van der Waals surface area (Å²) < 4.78 is 5.36. The minimum Gasteiger partial charge on any atom is -0.496 e. The Labute approximate surface area is 197 Å². The highest BCUT2D eigenvalue weighted by molar-refractivity contribution is 7.09. The van der Waals surface area contributed by atoms with Crippen molar-refractivity contribution in [1.29, 1.82) is 0 Å². The molecule has 168 valence electrons. The van der Waals surface area contributed by atoms with Crippen molar-refractivity contribution in [2.75, 3.05) is 44.7 Å². The molecule has 1 fully saturated rings. The van der Waals surface area contributed by atoms with Gasteiger partial charge in [0.15, 0.2) is 0 Å². The van der Waals surface area contributed by atoms with Gasteiger partial charge in [0.2, 0.25) is 0 Å². The molecular formula is C24H27ClN4O2S. The average molecular weight is 471 g/mol. The highest BCUT2D eigenvalue weighted by Gasteiger charge is 2.19. The van der Waals surface area contributed by atoms with Crippen molar-refractivity contribution in [3.8, 4) is 5.75 Å². The number of aromatic nitrogens is 1. The van der Waals surface area contributed by atoms with Gasteiger partial charge in [-0.25, -0.2) is 4.98 Å². The van der Waals surface area contributed by atoms with E-state index in [0.29, 0.717) is 18.7 Å². The number of hydrogen-bond acceptors (Lipinski definition) is 6. The van der Waals surface area contributed by atoms with Gasteiger partial charge in [0.05, 0.1) is 13.7 Å². The van der Waals surface area contributed by atoms with E-state index in [0.717, 1.165) is 54.1 Å². The summed E-state index contributed by atoms with van der Waals surface area (Å²) in [6, 6.07) is 15.9. The molecule has 1 aromatic heterocycles. The second kappa shape index (κ2) is 10.8. The highest BCUT2D eigenvalue weighted by Crippen LogP contribution is 2.21. The van der Waals surface area contributed by atoms with Crippen LogP contribution in [0.25, 0.3) is 0 Å². The fraction of sp³-hybridized carbons (Fsp3) is 0.333. The predicted molar refractivity (Wildman–Crippen MR) is 130 cm³/mol. The zero-order valence-corrected chi connectivity index (χ0v) is 19.7. The first kappa shape index (κ1) is 22.6. The maximum Gasteiger partial charge on any atom is 0.270 e. The summed E-state index contributed by atoms with van der Waals surface area (Å²) >= 11 is 7.53. The molecule has 2 heterocycles. The SMILES string of the molecule is COc1ccccc1CCNC(=O)c1csc(CN2CCN(c3ccc(Cl)cc3)CC2)n1. The van der Waals surface area contributed by atoms with E-state index in [2.05, 4.69) is 32.2 Å². The third kappa shape index (κ3) is 5.79. The summed E-state index contributed by atoms with van der Waals surface area (Å²) in [4.78, 5) is 21.8. The summed E-state index contributed by atoms with van der Waals surface area (Å²) in [6.07, 6.45) is 0.713. The molecule has 0 unspecified atom stereocenters. The maximum atomic E-state index is 12.5. The maximum absolute atomic E-state index is 12.5. The lowest BCUT2D eigenvalue weighted by Gasteiger charge is -2.35. The Morgan fingerprint density at radius 2 is 1.88 bits per heavy atom. The number of thiazole rings is 1. The lowest BCUT2D eigenvalue weighted by atomic mass is 10.1. The minimum absolute atomic E-state index is 0.130. The summed E-state index contributed by atoms with van der Waals surface area (Å²) in [5, 5.41) is 6.54. The summed E-state index contributed by atoms with van der Waals surface area (Å²) in [6.45, 7) is 5.16. The first-order valence-electron chi connectivity index (χ1n) is 10.7. The fourth-order valence-corrected chi connectivity index (χ4v) is 4.75. The van der Waals surface area contributed by atoms with Gasteiger partial charge in [-0.05, 0) is 42.3 Å². The van der Waals surface area contributed by atoms with E-state index in [1.165, 1.54) is 5.69 Å². The first-order valence-corrected chi connectivity index (χ1v) is 12.0. The van der Waals surface area contributed by atoms with Crippen LogP contribution in [-0.4, -0.2) is 55.6 Å². The molecule has 1 aliphatic heterocycles. The van der Waals surface area contributed by atoms with Gasteiger partial charge < -0.3 is 15.0 Å². The van der Waals surface area contributed by atoms with Crippen molar-refractivity contribution in [3.05, 3.63) is 75.2 Å². The van der Waals surface area contributed by atoms with E-state index in [9.17, 15) is 4.79 Å². The Kier molecular flexibility index (Phi) is 7.63. The molecule has 0 saturated carbocycles. The zero-order valence-electron chi connectivity index (χ0n) is 18.1. The normalized spacial score (nSPS) is 14.4. The molecule has 1 amide bonds. The number of rotatable bonds is 8. The van der Waals surface area contributed by atoms with Crippen LogP contribution in [0, 0.1) is 0 Å². The number of piperazine rings is 1. The van der Waals surface area contributed by atoms with Crippen LogP contribution in [0.2, 0.25) is 5.02 Å². The highest BCUT2D eigenvalue weighted by atomic mass is 35.5. The van der Waals surface area contributed by atoms with E-state index < -0.39 is 0 Å². The van der Waals surface area contributed by atoms with Gasteiger partial charge in [-0.15, -0.1) is 11.3 Å². The molecule has 0 radical (unpaired) electrons. The number of para-hydroxylation sites is 1. The Hall–Kier alpha value is -2.61. The molecule has 2 aromatic carbocycles. The molecule has 1 saturated heterocycles. The monoisotopic (exact) mass is 470 g/mol. The number of hydrogen-bond donors (Lipinski definition) is 1. The van der Waals surface area contributed by atoms with E-state index in [1.54, 1.807) is 18.4 Å². The molecule has 1 N–H and O–H groups in total. The van der Waals surface area contributed by atoms with Gasteiger partial charge in [-0.2, -0.15) is 0 Å². The summed E-state index contributed by atoms with van der Waals surface area (Å²) in [7, 11) is 1.66. The lowest BCUT2D eigenvalue weighted by molar-refractivity contribution is 0.0949. The van der Waals surface area contributed by atoms with E-state index in [-0.39, 0.29) is 5.91 Å². The number of anilines is 1. The molecule has 0 spiro atoms. The van der Waals surface area contributed by atoms with Crippen molar-refractivity contribution in [2.24, 2.45) is 0 Å². The van der Waals surface area contributed by atoms with Gasteiger partial charge in [-0.3, -0.25) is 9.69 Å². The number of carbonyl (C=O) groups excluding carboxylic acids is 1. The second-order valence-corrected chi connectivity index (χ2v) is 9.06. The number of carbonyl (C=O) groups is 1. The second-order valence-electron chi connectivity index (χ2n) is 7.68. The molecule has 1 aliphatic rings. The van der Waals surface area contributed by atoms with Crippen molar-refractivity contribution in [2.45, 2.75) is 13.0 Å². The summed E-state index contributed by atoms with van der Waals surface area (Å²) in [5.41, 5.74) is 2.77. The number of nitrogens with zero attached hydrogens (tertiary/aromatic N) is 3. The van der Waals surface area contributed by atoms with Crippen LogP contribution < -0.4 is 15.0 Å². The topological polar surface area (TPSA) is 57.7 Å². The van der Waals surface area contributed by atoms with Crippen LogP contribution in [0.4, 0.5) is 5.69 Å². The Balaban J connectivity index is 1.23. The van der Waals surface area contributed by atoms with Crippen molar-refractivity contribution < 1.29 is 9.53 Å². The van der Waals surface area contributed by atoms with Gasteiger partial charge in [0.25, 0.3) is 5.91 Å². The number of ether oxygens (including phenoxy) is 1. The van der Waals surface area contributed by atoms with Crippen LogP contribution in [-0.2, 0) is 13.0 Å². The average Bonchev–Trinajstić information content (AvgIpc) is 3.29. The van der Waals surface area contributed by atoms with Crippen LogP contribution in [0.15, 0.2) is 53.9 Å². The van der Waals surface area contributed by atoms with Gasteiger partial charge in [0, 0.05) is 48.8 Å². The largest absolute Gasteiger partial charge is 0.496 e. The quantitative estimate of drug-likeness (QED) is 0.537. The zero-order chi connectivity index (χ0) is 22.3. The number of nitrogens with one attached hydrogen (secondary N) is 1. The Morgan fingerprint density at radius 3 is 2.62 bits per heavy atom. The van der Waals surface area contributed by atoms with Gasteiger partial charge in [0.1, 0.15) is 16.5 Å². The molecule has 0 aliphatic carbocycles. The third-order valence-electron chi connectivity index (χ3n) is 5.58. The Morgan fingerprint density at radius 1 is 1.12 bits per heavy atom. The molecule has 0 bridgehead atoms. The molecule has 4 rings (SSSR count). The van der Waals surface area contributed by atoms with Crippen molar-refractivity contribution >= 4 is 34.5 Å². The standard InChI is InChI=1S/C24H27ClN4O2S/c1-31-22-5-3-2-4-18(22)10-11-26-24(30)21-17-32-23(27-21)16-28-12-14-29(15-13-28)20-8-6-19(25)7-9-20/h2-9,17H,10-16H2,1H3,(H,26,30). The number of methoxy groups -OCH3 is 1. The van der Waals surface area contributed by atoms with Crippen LogP contribution >= 0.6 is 22.9 Å². The van der Waals surface area contributed by atoms with E-state index in [1.807, 2.05) is 41.8 Å². The number of halogens is 1. The van der Waals surface area contributed by atoms with Crippen LogP contribution in [0.3, 0.4) is 0 Å². The molecule has 8 heteroatoms. The minimum atomic E-state index is -0.130. The molecule has 32 heavy (non-hydrogen) atoms. The van der Waals surface area contributed by atoms with Gasteiger partial charge >= 0.3 is 0 Å². The van der Waals surface area contributed by atoms with Crippen LogP contribution in [0.1, 0.15) is 21.1 Å². The van der Waals surface area contributed by atoms with Crippen molar-refractivity contribution in [1.82, 2.24) is 15.2 Å². The lowest BCUT2D eigenvalue weighted by Crippen LogP contribution is -2.45. The Bertz CT molecular complexity index is 1030. The summed E-state index contributed by atoms with van der Waals surface area (Å²) in [5.74, 6) is 0.712. The number of amides is 1. The molecule has 6 nitrogen and oxygen atoms in total. The molecule has 3 aromatic rings. The first-order chi connectivity index (χ1) is 15.6. The molecule has 0 atom stereocenters. The van der Waals surface area contributed by atoms with E-state index in [4.69, 9.17) is 16.3 Å². The van der Waals surface area contributed by atoms with E-state index >= 15 is 0 Å². The fourth-order valence-electron chi connectivity index (χ4n) is 3.81.